The van der Waals surface area contributed by atoms with Gasteiger partial charge in [-0.15, -0.1) is 0 Å². The average Bonchev–Trinajstić information content (AvgIpc) is 2.92. The van der Waals surface area contributed by atoms with E-state index < -0.39 is 0 Å². The summed E-state index contributed by atoms with van der Waals surface area (Å²) in [7, 11) is 0. The molecular formula is C16H22N4O2. The summed E-state index contributed by atoms with van der Waals surface area (Å²) in [5.41, 5.74) is 2.37. The minimum absolute atomic E-state index is 0.0449. The third kappa shape index (κ3) is 4.58. The van der Waals surface area contributed by atoms with Crippen molar-refractivity contribution >= 4 is 6.03 Å². The zero-order valence-electron chi connectivity index (χ0n) is 13.2. The Kier molecular flexibility index (Phi) is 5.52. The van der Waals surface area contributed by atoms with Crippen LogP contribution >= 0.6 is 0 Å². The summed E-state index contributed by atoms with van der Waals surface area (Å²) in [5, 5.41) is 9.40. The van der Waals surface area contributed by atoms with Crippen LogP contribution < -0.4 is 10.6 Å². The van der Waals surface area contributed by atoms with E-state index in [2.05, 4.69) is 39.8 Å². The maximum Gasteiger partial charge on any atom is 0.315 e. The third-order valence-corrected chi connectivity index (χ3v) is 3.43. The van der Waals surface area contributed by atoms with E-state index in [4.69, 9.17) is 4.52 Å². The van der Waals surface area contributed by atoms with Gasteiger partial charge in [0.15, 0.2) is 5.82 Å². The summed E-state index contributed by atoms with van der Waals surface area (Å²) in [6.45, 7) is 6.30. The van der Waals surface area contributed by atoms with Crippen molar-refractivity contribution in [3.05, 3.63) is 47.1 Å². The molecule has 2 aromatic rings. The molecule has 1 unspecified atom stereocenters. The molecule has 0 bridgehead atoms. The monoisotopic (exact) mass is 302 g/mol. The topological polar surface area (TPSA) is 80.0 Å². The Morgan fingerprint density at radius 1 is 1.32 bits per heavy atom. The van der Waals surface area contributed by atoms with Gasteiger partial charge in [0.25, 0.3) is 0 Å². The molecule has 118 valence electrons. The van der Waals surface area contributed by atoms with Crippen LogP contribution in [-0.4, -0.2) is 22.7 Å². The number of aryl methyl sites for hydroxylation is 2. The summed E-state index contributed by atoms with van der Waals surface area (Å²) in [6, 6.07) is 8.02. The molecule has 1 aromatic heterocycles. The van der Waals surface area contributed by atoms with Gasteiger partial charge >= 0.3 is 6.03 Å². The molecule has 0 aliphatic carbocycles. The van der Waals surface area contributed by atoms with Crippen LogP contribution in [-0.2, 0) is 12.8 Å². The fourth-order valence-electron chi connectivity index (χ4n) is 2.10. The van der Waals surface area contributed by atoms with Gasteiger partial charge in [0.2, 0.25) is 5.89 Å². The summed E-state index contributed by atoms with van der Waals surface area (Å²) in [4.78, 5) is 15.9. The molecule has 1 aromatic carbocycles. The number of aromatic nitrogens is 2. The first-order valence-corrected chi connectivity index (χ1v) is 7.51. The van der Waals surface area contributed by atoms with Crippen LogP contribution in [0.2, 0.25) is 0 Å². The van der Waals surface area contributed by atoms with Gasteiger partial charge in [-0.1, -0.05) is 36.3 Å². The van der Waals surface area contributed by atoms with Crippen molar-refractivity contribution in [2.75, 3.05) is 6.54 Å². The van der Waals surface area contributed by atoms with Gasteiger partial charge in [-0.25, -0.2) is 4.79 Å². The van der Waals surface area contributed by atoms with Crippen molar-refractivity contribution in [3.63, 3.8) is 0 Å². The first-order chi connectivity index (χ1) is 10.6. The van der Waals surface area contributed by atoms with E-state index in [1.165, 1.54) is 5.56 Å². The molecule has 2 amide bonds. The number of benzene rings is 1. The molecule has 0 fully saturated rings. The highest BCUT2D eigenvalue weighted by Gasteiger charge is 2.09. The molecule has 0 saturated heterocycles. The number of nitrogens with zero attached hydrogens (tertiary/aromatic N) is 2. The number of hydrogen-bond acceptors (Lipinski definition) is 4. The lowest BCUT2D eigenvalue weighted by Gasteiger charge is -2.15. The fraction of sp³-hybridized carbons (Fsp3) is 0.438. The predicted molar refractivity (Wildman–Crippen MR) is 83.5 cm³/mol. The molecule has 6 nitrogen and oxygen atoms in total. The van der Waals surface area contributed by atoms with Crippen molar-refractivity contribution in [1.29, 1.82) is 0 Å². The highest BCUT2D eigenvalue weighted by Crippen LogP contribution is 2.13. The number of nitrogens with one attached hydrogen (secondary N) is 2. The number of amides is 2. The Bertz CT molecular complexity index is 607. The first kappa shape index (κ1) is 16.0. The lowest BCUT2D eigenvalue weighted by atomic mass is 10.1. The van der Waals surface area contributed by atoms with Crippen LogP contribution in [0.4, 0.5) is 4.79 Å². The number of urea groups is 1. The predicted octanol–water partition coefficient (Wildman–Crippen LogP) is 2.54. The molecule has 0 aliphatic heterocycles. The van der Waals surface area contributed by atoms with Gasteiger partial charge in [-0.2, -0.15) is 4.98 Å². The molecule has 1 atom stereocenters. The molecule has 0 spiro atoms. The third-order valence-electron chi connectivity index (χ3n) is 3.43. The van der Waals surface area contributed by atoms with E-state index in [0.717, 1.165) is 12.0 Å². The minimum atomic E-state index is -0.205. The molecule has 1 heterocycles. The van der Waals surface area contributed by atoms with Crippen LogP contribution in [0.25, 0.3) is 0 Å². The van der Waals surface area contributed by atoms with Crippen LogP contribution in [0.1, 0.15) is 42.7 Å². The second-order valence-corrected chi connectivity index (χ2v) is 5.20. The van der Waals surface area contributed by atoms with E-state index in [1.54, 1.807) is 6.92 Å². The van der Waals surface area contributed by atoms with E-state index in [1.807, 2.05) is 19.1 Å². The summed E-state index contributed by atoms with van der Waals surface area (Å²) in [5.74, 6) is 1.13. The van der Waals surface area contributed by atoms with E-state index in [-0.39, 0.29) is 12.1 Å². The van der Waals surface area contributed by atoms with Gasteiger partial charge in [0.05, 0.1) is 6.04 Å². The zero-order valence-corrected chi connectivity index (χ0v) is 13.2. The Hall–Kier alpha value is -2.37. The Morgan fingerprint density at radius 2 is 2.05 bits per heavy atom. The molecule has 2 rings (SSSR count). The normalized spacial score (nSPS) is 12.0. The average molecular weight is 302 g/mol. The standard InChI is InChI=1S/C16H22N4O2/c1-4-13-5-7-14(8-6-13)11(2)18-16(21)17-10-9-15-19-12(3)20-22-15/h5-8,11H,4,9-10H2,1-3H3,(H2,17,18,21). The molecule has 2 N–H and O–H groups in total. The lowest BCUT2D eigenvalue weighted by molar-refractivity contribution is 0.237. The quantitative estimate of drug-likeness (QED) is 0.859. The van der Waals surface area contributed by atoms with E-state index in [0.29, 0.717) is 24.7 Å². The second kappa shape index (κ2) is 7.59. The Morgan fingerprint density at radius 3 is 2.64 bits per heavy atom. The van der Waals surface area contributed by atoms with Gasteiger partial charge in [-0.3, -0.25) is 0 Å². The van der Waals surface area contributed by atoms with E-state index in [9.17, 15) is 4.79 Å². The largest absolute Gasteiger partial charge is 0.339 e. The molecular weight excluding hydrogens is 280 g/mol. The summed E-state index contributed by atoms with van der Waals surface area (Å²) in [6.07, 6.45) is 1.53. The highest BCUT2D eigenvalue weighted by atomic mass is 16.5. The van der Waals surface area contributed by atoms with Gasteiger partial charge in [0.1, 0.15) is 0 Å². The molecule has 0 saturated carbocycles. The van der Waals surface area contributed by atoms with Crippen LogP contribution in [0, 0.1) is 6.92 Å². The summed E-state index contributed by atoms with van der Waals surface area (Å²) >= 11 is 0. The number of carbonyl (C=O) groups is 1. The van der Waals surface area contributed by atoms with Crippen molar-refractivity contribution in [3.8, 4) is 0 Å². The maximum atomic E-state index is 11.9. The zero-order chi connectivity index (χ0) is 15.9. The van der Waals surface area contributed by atoms with Crippen molar-refractivity contribution in [2.45, 2.75) is 39.7 Å². The highest BCUT2D eigenvalue weighted by molar-refractivity contribution is 5.74. The van der Waals surface area contributed by atoms with Crippen molar-refractivity contribution in [2.24, 2.45) is 0 Å². The van der Waals surface area contributed by atoms with Crippen LogP contribution in [0.5, 0.6) is 0 Å². The SMILES string of the molecule is CCc1ccc(C(C)NC(=O)NCCc2nc(C)no2)cc1. The Balaban J connectivity index is 1.75. The van der Waals surface area contributed by atoms with Gasteiger partial charge in [-0.05, 0) is 31.4 Å². The Labute approximate surface area is 130 Å². The smallest absolute Gasteiger partial charge is 0.315 e. The lowest BCUT2D eigenvalue weighted by Crippen LogP contribution is -2.38. The first-order valence-electron chi connectivity index (χ1n) is 7.51. The van der Waals surface area contributed by atoms with Gasteiger partial charge in [0, 0.05) is 13.0 Å². The van der Waals surface area contributed by atoms with Crippen molar-refractivity contribution < 1.29 is 9.32 Å². The minimum Gasteiger partial charge on any atom is -0.339 e. The molecule has 0 radical (unpaired) electrons. The number of hydrogen-bond donors (Lipinski definition) is 2. The van der Waals surface area contributed by atoms with E-state index >= 15 is 0 Å². The fourth-order valence-corrected chi connectivity index (χ4v) is 2.10. The molecule has 0 aliphatic rings. The van der Waals surface area contributed by atoms with Crippen LogP contribution in [0.3, 0.4) is 0 Å². The van der Waals surface area contributed by atoms with Gasteiger partial charge < -0.3 is 15.2 Å². The maximum absolute atomic E-state index is 11.9. The molecule has 6 heteroatoms. The number of rotatable bonds is 6. The van der Waals surface area contributed by atoms with Crippen molar-refractivity contribution in [1.82, 2.24) is 20.8 Å². The summed E-state index contributed by atoms with van der Waals surface area (Å²) < 4.78 is 4.99. The second-order valence-electron chi connectivity index (χ2n) is 5.20. The van der Waals surface area contributed by atoms with Crippen LogP contribution in [0.15, 0.2) is 28.8 Å². The molecule has 22 heavy (non-hydrogen) atoms. The number of carbonyl (C=O) groups excluding carboxylic acids is 1.